The number of benzene rings is 1. The topological polar surface area (TPSA) is 41.6 Å². The van der Waals surface area contributed by atoms with Crippen LogP contribution in [-0.2, 0) is 4.79 Å². The van der Waals surface area contributed by atoms with Crippen molar-refractivity contribution in [1.82, 2.24) is 10.2 Å². The third-order valence-corrected chi connectivity index (χ3v) is 3.79. The van der Waals surface area contributed by atoms with E-state index in [1.165, 1.54) is 0 Å². The number of carbonyl (C=O) groups is 1. The average molecular weight is 364 g/mol. The number of piperazine rings is 1. The van der Waals surface area contributed by atoms with Crippen LogP contribution in [0.15, 0.2) is 28.7 Å². The molecule has 1 fully saturated rings. The Kier molecular flexibility index (Phi) is 6.79. The quantitative estimate of drug-likeness (QED) is 0.897. The van der Waals surface area contributed by atoms with Gasteiger partial charge in [-0.05, 0) is 38.1 Å². The summed E-state index contributed by atoms with van der Waals surface area (Å²) in [6, 6.07) is 7.74. The number of nitrogens with one attached hydrogen (secondary N) is 1. The van der Waals surface area contributed by atoms with Gasteiger partial charge in [-0.3, -0.25) is 4.79 Å². The Bertz CT molecular complexity index is 441. The highest BCUT2D eigenvalue weighted by Crippen LogP contribution is 2.18. The zero-order chi connectivity index (χ0) is 13.8. The highest BCUT2D eigenvalue weighted by molar-refractivity contribution is 9.10. The van der Waals surface area contributed by atoms with Crippen molar-refractivity contribution in [3.63, 3.8) is 0 Å². The first kappa shape index (κ1) is 17.3. The molecule has 1 N–H and O–H groups in total. The second-order valence-corrected chi connectivity index (χ2v) is 5.71. The van der Waals surface area contributed by atoms with Crippen LogP contribution in [-0.4, -0.2) is 42.6 Å². The van der Waals surface area contributed by atoms with Crippen LogP contribution < -0.4 is 10.1 Å². The van der Waals surface area contributed by atoms with Gasteiger partial charge in [0, 0.05) is 30.1 Å². The summed E-state index contributed by atoms with van der Waals surface area (Å²) >= 11 is 3.37. The molecule has 2 atom stereocenters. The number of hydrogen-bond acceptors (Lipinski definition) is 3. The van der Waals surface area contributed by atoms with E-state index < -0.39 is 6.10 Å². The van der Waals surface area contributed by atoms with Gasteiger partial charge in [-0.1, -0.05) is 15.9 Å². The standard InChI is InChI=1S/C14H19BrN2O2.ClH/c1-10-9-16-7-8-17(10)14(18)11(2)19-13-5-3-12(15)4-6-13;/h3-6,10-11,16H,7-9H2,1-2H3;1H/t10-,11?;/m0./s1. The summed E-state index contributed by atoms with van der Waals surface area (Å²) in [5, 5.41) is 3.27. The molecule has 1 heterocycles. The first-order valence-corrected chi connectivity index (χ1v) is 7.30. The van der Waals surface area contributed by atoms with Gasteiger partial charge >= 0.3 is 0 Å². The Morgan fingerprint density at radius 1 is 1.45 bits per heavy atom. The SMILES string of the molecule is CC(Oc1ccc(Br)cc1)C(=O)N1CCNC[C@@H]1C.Cl. The van der Waals surface area contributed by atoms with E-state index in [4.69, 9.17) is 4.74 Å². The van der Waals surface area contributed by atoms with Gasteiger partial charge in [-0.2, -0.15) is 0 Å². The molecule has 1 aromatic rings. The van der Waals surface area contributed by atoms with Crippen LogP contribution in [0.2, 0.25) is 0 Å². The van der Waals surface area contributed by atoms with Gasteiger partial charge < -0.3 is 15.0 Å². The normalized spacial score (nSPS) is 19.9. The Balaban J connectivity index is 0.00000200. The molecule has 112 valence electrons. The zero-order valence-corrected chi connectivity index (χ0v) is 14.0. The minimum atomic E-state index is -0.457. The minimum Gasteiger partial charge on any atom is -0.481 e. The maximum Gasteiger partial charge on any atom is 0.263 e. The fraction of sp³-hybridized carbons (Fsp3) is 0.500. The van der Waals surface area contributed by atoms with Gasteiger partial charge in [-0.15, -0.1) is 12.4 Å². The largest absolute Gasteiger partial charge is 0.481 e. The fourth-order valence-corrected chi connectivity index (χ4v) is 2.43. The summed E-state index contributed by atoms with van der Waals surface area (Å²) in [6.07, 6.45) is -0.457. The van der Waals surface area contributed by atoms with Crippen LogP contribution in [0.4, 0.5) is 0 Å². The molecule has 0 radical (unpaired) electrons. The molecule has 1 unspecified atom stereocenters. The van der Waals surface area contributed by atoms with Gasteiger partial charge in [0.2, 0.25) is 0 Å². The van der Waals surface area contributed by atoms with Gasteiger partial charge in [0.05, 0.1) is 0 Å². The highest BCUT2D eigenvalue weighted by Gasteiger charge is 2.27. The molecule has 0 aromatic heterocycles. The zero-order valence-electron chi connectivity index (χ0n) is 11.6. The number of rotatable bonds is 3. The second-order valence-electron chi connectivity index (χ2n) is 4.80. The third-order valence-electron chi connectivity index (χ3n) is 3.26. The molecule has 1 aliphatic heterocycles. The van der Waals surface area contributed by atoms with Gasteiger partial charge in [0.15, 0.2) is 6.10 Å². The van der Waals surface area contributed by atoms with E-state index in [2.05, 4.69) is 28.2 Å². The lowest BCUT2D eigenvalue weighted by Gasteiger charge is -2.35. The maximum atomic E-state index is 12.3. The van der Waals surface area contributed by atoms with Crippen LogP contribution in [0.3, 0.4) is 0 Å². The van der Waals surface area contributed by atoms with Crippen LogP contribution >= 0.6 is 28.3 Å². The lowest BCUT2D eigenvalue weighted by atomic mass is 10.2. The summed E-state index contributed by atoms with van der Waals surface area (Å²) in [5.74, 6) is 0.767. The summed E-state index contributed by atoms with van der Waals surface area (Å²) in [4.78, 5) is 14.2. The van der Waals surface area contributed by atoms with E-state index in [-0.39, 0.29) is 24.4 Å². The van der Waals surface area contributed by atoms with Crippen LogP contribution in [0.25, 0.3) is 0 Å². The van der Waals surface area contributed by atoms with E-state index in [1.54, 1.807) is 6.92 Å². The summed E-state index contributed by atoms with van der Waals surface area (Å²) in [6.45, 7) is 6.29. The summed E-state index contributed by atoms with van der Waals surface area (Å²) in [5.41, 5.74) is 0. The Labute approximate surface area is 134 Å². The number of carbonyl (C=O) groups excluding carboxylic acids is 1. The van der Waals surface area contributed by atoms with Crippen molar-refractivity contribution >= 4 is 34.2 Å². The molecule has 1 aliphatic rings. The Hall–Kier alpha value is -0.780. The molecule has 1 saturated heterocycles. The van der Waals surface area contributed by atoms with Crippen molar-refractivity contribution < 1.29 is 9.53 Å². The molecular formula is C14H20BrClN2O2. The monoisotopic (exact) mass is 362 g/mol. The fourth-order valence-electron chi connectivity index (χ4n) is 2.17. The van der Waals surface area contributed by atoms with Gasteiger partial charge in [0.1, 0.15) is 5.75 Å². The average Bonchev–Trinajstić information content (AvgIpc) is 2.41. The van der Waals surface area contributed by atoms with Gasteiger partial charge in [-0.25, -0.2) is 0 Å². The van der Waals surface area contributed by atoms with E-state index in [0.29, 0.717) is 5.75 Å². The van der Waals surface area contributed by atoms with Crippen molar-refractivity contribution in [1.29, 1.82) is 0 Å². The van der Waals surface area contributed by atoms with Crippen LogP contribution in [0, 0.1) is 0 Å². The van der Waals surface area contributed by atoms with Crippen molar-refractivity contribution in [2.75, 3.05) is 19.6 Å². The first-order valence-electron chi connectivity index (χ1n) is 6.51. The van der Waals surface area contributed by atoms with E-state index in [0.717, 1.165) is 24.1 Å². The van der Waals surface area contributed by atoms with Crippen molar-refractivity contribution in [2.24, 2.45) is 0 Å². The van der Waals surface area contributed by atoms with E-state index >= 15 is 0 Å². The predicted octanol–water partition coefficient (Wildman–Crippen LogP) is 2.46. The van der Waals surface area contributed by atoms with Crippen LogP contribution in [0.1, 0.15) is 13.8 Å². The molecule has 6 heteroatoms. The molecule has 2 rings (SSSR count). The molecule has 0 spiro atoms. The van der Waals surface area contributed by atoms with Crippen molar-refractivity contribution in [3.8, 4) is 5.75 Å². The molecule has 0 aliphatic carbocycles. The van der Waals surface area contributed by atoms with Crippen molar-refractivity contribution in [3.05, 3.63) is 28.7 Å². The number of ether oxygens (including phenoxy) is 1. The number of hydrogen-bond donors (Lipinski definition) is 1. The lowest BCUT2D eigenvalue weighted by molar-refractivity contribution is -0.140. The smallest absolute Gasteiger partial charge is 0.263 e. The van der Waals surface area contributed by atoms with Gasteiger partial charge in [0.25, 0.3) is 5.91 Å². The van der Waals surface area contributed by atoms with Crippen molar-refractivity contribution in [2.45, 2.75) is 26.0 Å². The lowest BCUT2D eigenvalue weighted by Crippen LogP contribution is -2.55. The molecule has 0 saturated carbocycles. The molecule has 0 bridgehead atoms. The van der Waals surface area contributed by atoms with E-state index in [1.807, 2.05) is 29.2 Å². The molecule has 4 nitrogen and oxygen atoms in total. The van der Waals surface area contributed by atoms with E-state index in [9.17, 15) is 4.79 Å². The minimum absolute atomic E-state index is 0. The Morgan fingerprint density at radius 2 is 2.10 bits per heavy atom. The maximum absolute atomic E-state index is 12.3. The highest BCUT2D eigenvalue weighted by atomic mass is 79.9. The number of halogens is 2. The first-order chi connectivity index (χ1) is 9.08. The van der Waals surface area contributed by atoms with Crippen LogP contribution in [0.5, 0.6) is 5.75 Å². The number of amides is 1. The molecule has 20 heavy (non-hydrogen) atoms. The number of nitrogens with zero attached hydrogens (tertiary/aromatic N) is 1. The summed E-state index contributed by atoms with van der Waals surface area (Å²) in [7, 11) is 0. The predicted molar refractivity (Wildman–Crippen MR) is 85.5 cm³/mol. The Morgan fingerprint density at radius 3 is 2.70 bits per heavy atom. The third kappa shape index (κ3) is 4.36. The second kappa shape index (κ2) is 7.86. The molecule has 1 amide bonds. The molecular weight excluding hydrogens is 344 g/mol. The summed E-state index contributed by atoms with van der Waals surface area (Å²) < 4.78 is 6.70. The molecule has 1 aromatic carbocycles.